The minimum Gasteiger partial charge on any atom is -0.461 e. The Morgan fingerprint density at radius 1 is 1.41 bits per heavy atom. The second-order valence-electron chi connectivity index (χ2n) is 3.73. The number of aryl methyl sites for hydroxylation is 1. The Labute approximate surface area is 103 Å². The van der Waals surface area contributed by atoms with Crippen LogP contribution in [-0.2, 0) is 6.42 Å². The minimum atomic E-state index is -0.477. The van der Waals surface area contributed by atoms with Crippen LogP contribution in [0, 0.1) is 12.7 Å². The zero-order chi connectivity index (χ0) is 12.4. The third-order valence-electron chi connectivity index (χ3n) is 2.51. The summed E-state index contributed by atoms with van der Waals surface area (Å²) >= 11 is 5.85. The summed E-state index contributed by atoms with van der Waals surface area (Å²) in [6.45, 7) is 1.76. The van der Waals surface area contributed by atoms with Crippen molar-refractivity contribution in [3.63, 3.8) is 0 Å². The van der Waals surface area contributed by atoms with Crippen molar-refractivity contribution < 1.29 is 13.6 Å². The molecule has 0 aliphatic carbocycles. The van der Waals surface area contributed by atoms with Crippen molar-refractivity contribution in [2.45, 2.75) is 13.3 Å². The number of halogens is 2. The number of carbonyl (C=O) groups excluding carboxylic acids is 1. The molecule has 1 aromatic carbocycles. The normalized spacial score (nSPS) is 10.5. The van der Waals surface area contributed by atoms with Gasteiger partial charge in [0.1, 0.15) is 5.82 Å². The van der Waals surface area contributed by atoms with E-state index < -0.39 is 5.82 Å². The van der Waals surface area contributed by atoms with Crippen LogP contribution in [0.1, 0.15) is 21.7 Å². The molecule has 88 valence electrons. The Bertz CT molecular complexity index is 540. The van der Waals surface area contributed by atoms with E-state index in [0.29, 0.717) is 0 Å². The molecule has 0 saturated carbocycles. The Hall–Kier alpha value is -1.61. The lowest BCUT2D eigenvalue weighted by Crippen LogP contribution is -2.06. The van der Waals surface area contributed by atoms with Crippen LogP contribution in [-0.4, -0.2) is 5.78 Å². The molecular weight excluding hydrogens is 243 g/mol. The van der Waals surface area contributed by atoms with Gasteiger partial charge in [-0.25, -0.2) is 4.39 Å². The fourth-order valence-corrected chi connectivity index (χ4v) is 1.83. The third kappa shape index (κ3) is 2.39. The lowest BCUT2D eigenvalue weighted by Gasteiger charge is -2.04. The molecule has 0 N–H and O–H groups in total. The number of benzene rings is 1. The quantitative estimate of drug-likeness (QED) is 0.778. The van der Waals surface area contributed by atoms with Crippen LogP contribution in [0.25, 0.3) is 0 Å². The molecule has 0 radical (unpaired) electrons. The molecular formula is C13H10ClFO2. The SMILES string of the molecule is Cc1ccoc1C(=O)Cc1c(F)cccc1Cl. The van der Waals surface area contributed by atoms with Crippen LogP contribution in [0.15, 0.2) is 34.9 Å². The van der Waals surface area contributed by atoms with Gasteiger partial charge in [-0.3, -0.25) is 4.79 Å². The number of hydrogen-bond acceptors (Lipinski definition) is 2. The molecule has 0 spiro atoms. The number of ketones is 1. The molecule has 2 aromatic rings. The molecule has 2 nitrogen and oxygen atoms in total. The van der Waals surface area contributed by atoms with Crippen molar-refractivity contribution >= 4 is 17.4 Å². The smallest absolute Gasteiger partial charge is 0.202 e. The fraction of sp³-hybridized carbons (Fsp3) is 0.154. The van der Waals surface area contributed by atoms with E-state index in [2.05, 4.69) is 0 Å². The van der Waals surface area contributed by atoms with Gasteiger partial charge in [-0.15, -0.1) is 0 Å². The third-order valence-corrected chi connectivity index (χ3v) is 2.87. The van der Waals surface area contributed by atoms with Gasteiger partial charge in [-0.05, 0) is 30.7 Å². The van der Waals surface area contributed by atoms with E-state index in [-0.39, 0.29) is 28.6 Å². The molecule has 1 aromatic heterocycles. The first kappa shape index (κ1) is 11.9. The van der Waals surface area contributed by atoms with E-state index in [4.69, 9.17) is 16.0 Å². The minimum absolute atomic E-state index is 0.0974. The van der Waals surface area contributed by atoms with Crippen LogP contribution >= 0.6 is 11.6 Å². The first-order valence-corrected chi connectivity index (χ1v) is 5.47. The largest absolute Gasteiger partial charge is 0.461 e. The number of rotatable bonds is 3. The highest BCUT2D eigenvalue weighted by molar-refractivity contribution is 6.31. The zero-order valence-electron chi connectivity index (χ0n) is 9.17. The highest BCUT2D eigenvalue weighted by atomic mass is 35.5. The van der Waals surface area contributed by atoms with Crippen LogP contribution < -0.4 is 0 Å². The molecule has 0 aliphatic rings. The van der Waals surface area contributed by atoms with E-state index in [1.807, 2.05) is 0 Å². The Balaban J connectivity index is 2.28. The van der Waals surface area contributed by atoms with Gasteiger partial charge in [-0.2, -0.15) is 0 Å². The summed E-state index contributed by atoms with van der Waals surface area (Å²) in [5.74, 6) is -0.501. The van der Waals surface area contributed by atoms with E-state index in [1.54, 1.807) is 19.1 Å². The standard InChI is InChI=1S/C13H10ClFO2/c1-8-5-6-17-13(8)12(16)7-9-10(14)3-2-4-11(9)15/h2-6H,7H2,1H3. The maximum Gasteiger partial charge on any atom is 0.202 e. The summed E-state index contributed by atoms with van der Waals surface area (Å²) in [5, 5.41) is 0.252. The van der Waals surface area contributed by atoms with Crippen LogP contribution in [0.2, 0.25) is 5.02 Å². The van der Waals surface area contributed by atoms with Crippen LogP contribution in [0.3, 0.4) is 0 Å². The van der Waals surface area contributed by atoms with Crippen molar-refractivity contribution in [1.29, 1.82) is 0 Å². The average Bonchev–Trinajstić information content (AvgIpc) is 2.70. The van der Waals surface area contributed by atoms with Crippen molar-refractivity contribution in [2.24, 2.45) is 0 Å². The summed E-state index contributed by atoms with van der Waals surface area (Å²) in [5.41, 5.74) is 0.942. The van der Waals surface area contributed by atoms with Gasteiger partial charge in [0.25, 0.3) is 0 Å². The molecule has 0 saturated heterocycles. The van der Waals surface area contributed by atoms with Gasteiger partial charge in [0.15, 0.2) is 5.76 Å². The predicted molar refractivity (Wildman–Crippen MR) is 62.9 cm³/mol. The molecule has 0 amide bonds. The molecule has 2 rings (SSSR count). The second-order valence-corrected chi connectivity index (χ2v) is 4.14. The lowest BCUT2D eigenvalue weighted by molar-refractivity contribution is 0.0964. The van der Waals surface area contributed by atoms with Crippen molar-refractivity contribution in [1.82, 2.24) is 0 Å². The number of furan rings is 1. The molecule has 0 atom stereocenters. The van der Waals surface area contributed by atoms with Crippen molar-refractivity contribution in [3.8, 4) is 0 Å². The summed E-state index contributed by atoms with van der Waals surface area (Å²) in [4.78, 5) is 11.9. The maximum atomic E-state index is 13.5. The number of carbonyl (C=O) groups is 1. The molecule has 0 aliphatic heterocycles. The van der Waals surface area contributed by atoms with E-state index >= 15 is 0 Å². The summed E-state index contributed by atoms with van der Waals surface area (Å²) < 4.78 is 18.5. The van der Waals surface area contributed by atoms with E-state index in [0.717, 1.165) is 5.56 Å². The maximum absolute atomic E-state index is 13.5. The van der Waals surface area contributed by atoms with Crippen LogP contribution in [0.5, 0.6) is 0 Å². The molecule has 4 heteroatoms. The highest BCUT2D eigenvalue weighted by Gasteiger charge is 2.17. The predicted octanol–water partition coefficient (Wildman–Crippen LogP) is 3.81. The molecule has 1 heterocycles. The summed E-state index contributed by atoms with van der Waals surface area (Å²) in [6.07, 6.45) is 1.34. The monoisotopic (exact) mass is 252 g/mol. The van der Waals surface area contributed by atoms with Crippen molar-refractivity contribution in [2.75, 3.05) is 0 Å². The van der Waals surface area contributed by atoms with E-state index in [9.17, 15) is 9.18 Å². The van der Waals surface area contributed by atoms with Gasteiger partial charge in [-0.1, -0.05) is 17.7 Å². The Kier molecular flexibility index (Phi) is 3.29. The zero-order valence-corrected chi connectivity index (χ0v) is 9.92. The molecule has 0 fully saturated rings. The van der Waals surface area contributed by atoms with Gasteiger partial charge in [0.2, 0.25) is 5.78 Å². The molecule has 0 unspecified atom stereocenters. The molecule has 17 heavy (non-hydrogen) atoms. The number of hydrogen-bond donors (Lipinski definition) is 0. The summed E-state index contributed by atoms with van der Waals surface area (Å²) in [6, 6.07) is 6.03. The number of Topliss-reactive ketones (excluding diaryl/α,β-unsaturated/α-hetero) is 1. The first-order chi connectivity index (χ1) is 8.09. The molecule has 0 bridgehead atoms. The highest BCUT2D eigenvalue weighted by Crippen LogP contribution is 2.21. The van der Waals surface area contributed by atoms with Gasteiger partial charge < -0.3 is 4.42 Å². The summed E-state index contributed by atoms with van der Waals surface area (Å²) in [7, 11) is 0. The topological polar surface area (TPSA) is 30.2 Å². The van der Waals surface area contributed by atoms with E-state index in [1.165, 1.54) is 18.4 Å². The van der Waals surface area contributed by atoms with Gasteiger partial charge >= 0.3 is 0 Å². The van der Waals surface area contributed by atoms with Gasteiger partial charge in [0, 0.05) is 17.0 Å². The Morgan fingerprint density at radius 3 is 2.76 bits per heavy atom. The fourth-order valence-electron chi connectivity index (χ4n) is 1.60. The average molecular weight is 253 g/mol. The van der Waals surface area contributed by atoms with Crippen molar-refractivity contribution in [3.05, 3.63) is 58.3 Å². The first-order valence-electron chi connectivity index (χ1n) is 5.10. The second kappa shape index (κ2) is 4.72. The van der Waals surface area contributed by atoms with Gasteiger partial charge in [0.05, 0.1) is 6.26 Å². The Morgan fingerprint density at radius 2 is 2.18 bits per heavy atom. The lowest BCUT2D eigenvalue weighted by atomic mass is 10.1. The van der Waals surface area contributed by atoms with Crippen LogP contribution in [0.4, 0.5) is 4.39 Å².